The molecule has 0 radical (unpaired) electrons. The molecule has 0 fully saturated rings. The zero-order valence-corrected chi connectivity index (χ0v) is 12.6. The van der Waals surface area contributed by atoms with Crippen LogP contribution in [0.2, 0.25) is 0 Å². The molecule has 0 bridgehead atoms. The number of hydrogen-bond donors (Lipinski definition) is 1. The van der Waals surface area contributed by atoms with Gasteiger partial charge in [-0.1, -0.05) is 45.0 Å². The molecule has 110 valence electrons. The van der Waals surface area contributed by atoms with E-state index in [0.717, 1.165) is 12.1 Å². The molecule has 0 heterocycles. The quantitative estimate of drug-likeness (QED) is 0.640. The average molecular weight is 284 g/mol. The predicted molar refractivity (Wildman–Crippen MR) is 86.0 cm³/mol. The van der Waals surface area contributed by atoms with E-state index >= 15 is 0 Å². The summed E-state index contributed by atoms with van der Waals surface area (Å²) in [6.45, 7) is 6.60. The Morgan fingerprint density at radius 2 is 1.67 bits per heavy atom. The lowest BCUT2D eigenvalue weighted by atomic mass is 9.88. The van der Waals surface area contributed by atoms with E-state index in [2.05, 4.69) is 38.2 Å². The van der Waals surface area contributed by atoms with Crippen LogP contribution < -0.4 is 5.32 Å². The zero-order valence-electron chi connectivity index (χ0n) is 12.6. The summed E-state index contributed by atoms with van der Waals surface area (Å²) in [6, 6.07) is 14.7. The molecule has 1 N–H and O–H groups in total. The summed E-state index contributed by atoms with van der Waals surface area (Å²) < 4.78 is 0. The summed E-state index contributed by atoms with van der Waals surface area (Å²) in [5, 5.41) is 14.1. The van der Waals surface area contributed by atoms with Crippen molar-refractivity contribution >= 4 is 17.1 Å². The molecular formula is C17H20N2O2. The van der Waals surface area contributed by atoms with Crippen molar-refractivity contribution in [2.24, 2.45) is 5.41 Å². The Kier molecular flexibility index (Phi) is 4.26. The number of para-hydroxylation sites is 2. The van der Waals surface area contributed by atoms with E-state index in [0.29, 0.717) is 5.69 Å². The molecule has 0 atom stereocenters. The Morgan fingerprint density at radius 3 is 2.24 bits per heavy atom. The van der Waals surface area contributed by atoms with Gasteiger partial charge < -0.3 is 5.32 Å². The van der Waals surface area contributed by atoms with Crippen LogP contribution in [0, 0.1) is 15.5 Å². The van der Waals surface area contributed by atoms with E-state index in [1.54, 1.807) is 18.2 Å². The first-order chi connectivity index (χ1) is 9.85. The number of nitro benzene ring substituents is 1. The Bertz CT molecular complexity index is 628. The Balaban J connectivity index is 2.16. The van der Waals surface area contributed by atoms with Gasteiger partial charge in [-0.2, -0.15) is 0 Å². The number of benzene rings is 2. The summed E-state index contributed by atoms with van der Waals surface area (Å²) in [5.74, 6) is 0. The molecule has 0 unspecified atom stereocenters. The molecule has 0 amide bonds. The van der Waals surface area contributed by atoms with Crippen molar-refractivity contribution in [1.82, 2.24) is 0 Å². The van der Waals surface area contributed by atoms with Crippen LogP contribution in [0.4, 0.5) is 17.1 Å². The van der Waals surface area contributed by atoms with Crippen molar-refractivity contribution < 1.29 is 4.92 Å². The predicted octanol–water partition coefficient (Wildman–Crippen LogP) is 4.93. The van der Waals surface area contributed by atoms with Crippen LogP contribution in [0.5, 0.6) is 0 Å². The van der Waals surface area contributed by atoms with Crippen molar-refractivity contribution in [3.05, 3.63) is 64.2 Å². The number of nitro groups is 1. The molecule has 2 rings (SSSR count). The fraction of sp³-hybridized carbons (Fsp3) is 0.294. The highest BCUT2D eigenvalue weighted by molar-refractivity contribution is 5.69. The Hall–Kier alpha value is -2.36. The molecule has 21 heavy (non-hydrogen) atoms. The highest BCUT2D eigenvalue weighted by Crippen LogP contribution is 2.28. The van der Waals surface area contributed by atoms with Crippen LogP contribution in [0.3, 0.4) is 0 Å². The number of nitrogens with one attached hydrogen (secondary N) is 1. The second kappa shape index (κ2) is 5.95. The summed E-state index contributed by atoms with van der Waals surface area (Å²) in [6.07, 6.45) is 0.999. The molecule has 0 aliphatic carbocycles. The number of hydrogen-bond acceptors (Lipinski definition) is 3. The molecular weight excluding hydrogens is 264 g/mol. The second-order valence-corrected chi connectivity index (χ2v) is 6.33. The molecule has 0 saturated carbocycles. The molecule has 0 aromatic heterocycles. The second-order valence-electron chi connectivity index (χ2n) is 6.33. The van der Waals surface area contributed by atoms with Crippen LogP contribution in [-0.2, 0) is 6.42 Å². The van der Waals surface area contributed by atoms with E-state index in [9.17, 15) is 10.1 Å². The van der Waals surface area contributed by atoms with Crippen molar-refractivity contribution in [3.8, 4) is 0 Å². The highest BCUT2D eigenvalue weighted by Gasteiger charge is 2.13. The molecule has 0 saturated heterocycles. The standard InChI is InChI=1S/C17H20N2O2/c1-17(2,3)12-13-8-10-14(11-9-13)18-15-6-4-5-7-16(15)19(20)21/h4-11,18H,12H2,1-3H3. The van der Waals surface area contributed by atoms with Crippen LogP contribution in [0.1, 0.15) is 26.3 Å². The largest absolute Gasteiger partial charge is 0.350 e. The minimum atomic E-state index is -0.379. The lowest BCUT2D eigenvalue weighted by Crippen LogP contribution is -2.08. The zero-order chi connectivity index (χ0) is 15.5. The molecule has 2 aromatic rings. The van der Waals surface area contributed by atoms with Gasteiger partial charge in [-0.25, -0.2) is 0 Å². The topological polar surface area (TPSA) is 55.2 Å². The Morgan fingerprint density at radius 1 is 1.05 bits per heavy atom. The van der Waals surface area contributed by atoms with E-state index in [4.69, 9.17) is 0 Å². The van der Waals surface area contributed by atoms with Gasteiger partial charge in [0.25, 0.3) is 5.69 Å². The minimum Gasteiger partial charge on any atom is -0.350 e. The number of anilines is 2. The van der Waals surface area contributed by atoms with Crippen molar-refractivity contribution in [2.75, 3.05) is 5.32 Å². The van der Waals surface area contributed by atoms with Crippen LogP contribution in [-0.4, -0.2) is 4.92 Å². The van der Waals surface area contributed by atoms with Crippen molar-refractivity contribution in [3.63, 3.8) is 0 Å². The maximum atomic E-state index is 11.0. The van der Waals surface area contributed by atoms with E-state index in [1.165, 1.54) is 11.6 Å². The van der Waals surface area contributed by atoms with Gasteiger partial charge in [-0.05, 0) is 35.6 Å². The molecule has 2 aromatic carbocycles. The van der Waals surface area contributed by atoms with Crippen LogP contribution in [0.25, 0.3) is 0 Å². The summed E-state index contributed by atoms with van der Waals surface area (Å²) in [4.78, 5) is 10.6. The fourth-order valence-corrected chi connectivity index (χ4v) is 2.21. The first-order valence-electron chi connectivity index (χ1n) is 6.94. The van der Waals surface area contributed by atoms with Gasteiger partial charge in [-0.15, -0.1) is 0 Å². The lowest BCUT2D eigenvalue weighted by Gasteiger charge is -2.18. The van der Waals surface area contributed by atoms with Crippen molar-refractivity contribution in [1.29, 1.82) is 0 Å². The first-order valence-corrected chi connectivity index (χ1v) is 6.94. The average Bonchev–Trinajstić information content (AvgIpc) is 2.40. The third-order valence-electron chi connectivity index (χ3n) is 3.07. The third kappa shape index (κ3) is 4.31. The summed E-state index contributed by atoms with van der Waals surface area (Å²) >= 11 is 0. The normalized spacial score (nSPS) is 11.2. The van der Waals surface area contributed by atoms with E-state index < -0.39 is 0 Å². The highest BCUT2D eigenvalue weighted by atomic mass is 16.6. The summed E-state index contributed by atoms with van der Waals surface area (Å²) in [7, 11) is 0. The summed E-state index contributed by atoms with van der Waals surface area (Å²) in [5.41, 5.74) is 2.94. The van der Waals surface area contributed by atoms with Gasteiger partial charge in [0.1, 0.15) is 5.69 Å². The van der Waals surface area contributed by atoms with Crippen LogP contribution in [0.15, 0.2) is 48.5 Å². The van der Waals surface area contributed by atoms with Crippen LogP contribution >= 0.6 is 0 Å². The smallest absolute Gasteiger partial charge is 0.292 e. The van der Waals surface area contributed by atoms with Gasteiger partial charge in [0.2, 0.25) is 0 Å². The minimum absolute atomic E-state index is 0.0799. The molecule has 0 aliphatic heterocycles. The van der Waals surface area contributed by atoms with Crippen molar-refractivity contribution in [2.45, 2.75) is 27.2 Å². The Labute approximate surface area is 125 Å². The first kappa shape index (κ1) is 15.0. The number of nitrogens with zero attached hydrogens (tertiary/aromatic N) is 1. The third-order valence-corrected chi connectivity index (χ3v) is 3.07. The maximum absolute atomic E-state index is 11.0. The maximum Gasteiger partial charge on any atom is 0.292 e. The van der Waals surface area contributed by atoms with Gasteiger partial charge in [0.05, 0.1) is 4.92 Å². The van der Waals surface area contributed by atoms with Gasteiger partial charge >= 0.3 is 0 Å². The van der Waals surface area contributed by atoms with Gasteiger partial charge in [-0.3, -0.25) is 10.1 Å². The van der Waals surface area contributed by atoms with Gasteiger partial charge in [0, 0.05) is 11.8 Å². The monoisotopic (exact) mass is 284 g/mol. The molecule has 0 aliphatic rings. The molecule has 0 spiro atoms. The molecule has 4 nitrogen and oxygen atoms in total. The number of rotatable bonds is 4. The molecule has 4 heteroatoms. The van der Waals surface area contributed by atoms with Gasteiger partial charge in [0.15, 0.2) is 0 Å². The van der Waals surface area contributed by atoms with E-state index in [1.807, 2.05) is 12.1 Å². The lowest BCUT2D eigenvalue weighted by molar-refractivity contribution is -0.383. The van der Waals surface area contributed by atoms with E-state index in [-0.39, 0.29) is 16.0 Å². The SMILES string of the molecule is CC(C)(C)Cc1ccc(Nc2ccccc2[N+](=O)[O-])cc1. The fourth-order valence-electron chi connectivity index (χ4n) is 2.21.